The Morgan fingerprint density at radius 1 is 1.03 bits per heavy atom. The fraction of sp³-hybridized carbons (Fsp3) is 0.391. The zero-order valence-corrected chi connectivity index (χ0v) is 18.3. The van der Waals surface area contributed by atoms with Crippen LogP contribution in [0.5, 0.6) is 0 Å². The number of hydroxylamine groups is 2. The summed E-state index contributed by atoms with van der Waals surface area (Å²) in [5.41, 5.74) is 2.05. The summed E-state index contributed by atoms with van der Waals surface area (Å²) in [6, 6.07) is 19.2. The highest BCUT2D eigenvalue weighted by atomic mass is 32.2. The fourth-order valence-electron chi connectivity index (χ4n) is 3.04. The highest BCUT2D eigenvalue weighted by molar-refractivity contribution is 8.15. The summed E-state index contributed by atoms with van der Waals surface area (Å²) in [5, 5.41) is 13.2. The van der Waals surface area contributed by atoms with E-state index in [2.05, 4.69) is 5.32 Å². The smallest absolute Gasteiger partial charge is 0.313 e. The summed E-state index contributed by atoms with van der Waals surface area (Å²) in [6.45, 7) is 2.95. The molecule has 2 N–H and O–H groups in total. The molecule has 0 spiro atoms. The van der Waals surface area contributed by atoms with Crippen LogP contribution in [-0.4, -0.2) is 58.5 Å². The number of ether oxygens (including phenoxy) is 1. The minimum atomic E-state index is -0.674. The largest absolute Gasteiger partial charge is 0.389 e. The maximum atomic E-state index is 12.5. The summed E-state index contributed by atoms with van der Waals surface area (Å²) in [7, 11) is 0. The van der Waals surface area contributed by atoms with Crippen molar-refractivity contribution in [2.45, 2.75) is 37.3 Å². The molecule has 1 heterocycles. The molecule has 1 aliphatic heterocycles. The van der Waals surface area contributed by atoms with Crippen LogP contribution in [0.4, 0.5) is 4.79 Å². The molecule has 3 atom stereocenters. The molecule has 0 bridgehead atoms. The van der Waals surface area contributed by atoms with Crippen molar-refractivity contribution in [3.63, 3.8) is 0 Å². The zero-order valence-electron chi connectivity index (χ0n) is 17.5. The molecule has 1 aliphatic rings. The Hall–Kier alpha value is -2.23. The molecule has 0 saturated carbocycles. The van der Waals surface area contributed by atoms with E-state index in [1.165, 1.54) is 0 Å². The number of hydrogen-bond acceptors (Lipinski definition) is 7. The van der Waals surface area contributed by atoms with Gasteiger partial charge in [-0.25, -0.2) is 0 Å². The van der Waals surface area contributed by atoms with Gasteiger partial charge in [-0.15, -0.1) is 5.06 Å². The number of hydrogen-bond donors (Lipinski definition) is 2. The number of carbonyl (C=O) groups is 2. The normalized spacial score (nSPS) is 18.4. The first-order valence-electron chi connectivity index (χ1n) is 10.3. The van der Waals surface area contributed by atoms with Gasteiger partial charge in [-0.05, 0) is 36.2 Å². The van der Waals surface area contributed by atoms with Crippen LogP contribution in [0.3, 0.4) is 0 Å². The van der Waals surface area contributed by atoms with Gasteiger partial charge in [0.1, 0.15) is 0 Å². The summed E-state index contributed by atoms with van der Waals surface area (Å²) in [6.07, 6.45) is -0.189. The maximum Gasteiger partial charge on any atom is 0.313 e. The molecule has 0 aliphatic carbocycles. The summed E-state index contributed by atoms with van der Waals surface area (Å²) in [4.78, 5) is 30.1. The number of carbonyl (C=O) groups excluding carboxylic acids is 2. The molecule has 3 unspecified atom stereocenters. The number of thioether (sulfide) groups is 1. The Kier molecular flexibility index (Phi) is 9.05. The maximum absolute atomic E-state index is 12.5. The fourth-order valence-corrected chi connectivity index (χ4v) is 4.00. The number of benzene rings is 2. The van der Waals surface area contributed by atoms with Gasteiger partial charge in [0, 0.05) is 12.6 Å². The van der Waals surface area contributed by atoms with Gasteiger partial charge < -0.3 is 15.2 Å². The van der Waals surface area contributed by atoms with E-state index in [1.807, 2.05) is 67.6 Å². The Bertz CT molecular complexity index is 836. The van der Waals surface area contributed by atoms with Crippen molar-refractivity contribution in [1.29, 1.82) is 0 Å². The van der Waals surface area contributed by atoms with Gasteiger partial charge in [-0.2, -0.15) is 0 Å². The van der Waals surface area contributed by atoms with Gasteiger partial charge in [0.25, 0.3) is 5.91 Å². The monoisotopic (exact) mass is 444 g/mol. The van der Waals surface area contributed by atoms with Gasteiger partial charge >= 0.3 is 5.24 Å². The van der Waals surface area contributed by atoms with Crippen LogP contribution in [0.2, 0.25) is 0 Å². The number of imide groups is 1. The molecule has 2 aromatic rings. The lowest BCUT2D eigenvalue weighted by molar-refractivity contribution is -0.165. The molecule has 2 amide bonds. The first-order chi connectivity index (χ1) is 15.0. The van der Waals surface area contributed by atoms with Crippen LogP contribution in [-0.2, 0) is 27.4 Å². The predicted molar refractivity (Wildman–Crippen MR) is 119 cm³/mol. The minimum absolute atomic E-state index is 0.133. The van der Waals surface area contributed by atoms with E-state index in [0.29, 0.717) is 19.6 Å². The van der Waals surface area contributed by atoms with Crippen LogP contribution in [0, 0.1) is 0 Å². The lowest BCUT2D eigenvalue weighted by Crippen LogP contribution is -2.41. The second-order valence-electron chi connectivity index (χ2n) is 7.45. The lowest BCUT2D eigenvalue weighted by atomic mass is 10.1. The molecule has 31 heavy (non-hydrogen) atoms. The third kappa shape index (κ3) is 7.45. The average molecular weight is 445 g/mol. The number of nitrogens with zero attached hydrogens (tertiary/aromatic N) is 1. The molecular formula is C23H28N2O5S. The van der Waals surface area contributed by atoms with Crippen LogP contribution in [0.15, 0.2) is 60.7 Å². The lowest BCUT2D eigenvalue weighted by Gasteiger charge is -2.20. The van der Waals surface area contributed by atoms with E-state index < -0.39 is 16.6 Å². The van der Waals surface area contributed by atoms with Gasteiger partial charge in [0.2, 0.25) is 0 Å². The number of rotatable bonds is 12. The Labute approximate surface area is 186 Å². The third-order valence-corrected chi connectivity index (χ3v) is 5.75. The van der Waals surface area contributed by atoms with E-state index in [0.717, 1.165) is 28.0 Å². The van der Waals surface area contributed by atoms with E-state index in [1.54, 1.807) is 0 Å². The summed E-state index contributed by atoms with van der Waals surface area (Å²) < 4.78 is 5.52. The van der Waals surface area contributed by atoms with Gasteiger partial charge in [-0.1, -0.05) is 60.7 Å². The van der Waals surface area contributed by atoms with Gasteiger partial charge in [0.15, 0.2) is 0 Å². The Balaban J connectivity index is 1.33. The summed E-state index contributed by atoms with van der Waals surface area (Å²) >= 11 is 0.989. The number of nitrogens with one attached hydrogen (secondary N) is 1. The predicted octanol–water partition coefficient (Wildman–Crippen LogP) is 2.78. The molecular weight excluding hydrogens is 416 g/mol. The van der Waals surface area contributed by atoms with E-state index in [-0.39, 0.29) is 25.2 Å². The first-order valence-corrected chi connectivity index (χ1v) is 11.2. The van der Waals surface area contributed by atoms with Crippen molar-refractivity contribution in [3.05, 3.63) is 71.8 Å². The number of aliphatic hydroxyl groups is 1. The molecule has 1 saturated heterocycles. The quantitative estimate of drug-likeness (QED) is 0.520. The van der Waals surface area contributed by atoms with E-state index in [9.17, 15) is 14.7 Å². The van der Waals surface area contributed by atoms with Crippen LogP contribution >= 0.6 is 11.8 Å². The molecule has 7 nitrogen and oxygen atoms in total. The average Bonchev–Trinajstić information content (AvgIpc) is 3.04. The topological polar surface area (TPSA) is 88.1 Å². The highest BCUT2D eigenvalue weighted by Crippen LogP contribution is 2.29. The van der Waals surface area contributed by atoms with Crippen molar-refractivity contribution in [2.24, 2.45) is 0 Å². The molecule has 2 aromatic carbocycles. The van der Waals surface area contributed by atoms with Crippen LogP contribution < -0.4 is 5.32 Å². The number of amides is 2. The molecule has 0 radical (unpaired) electrons. The van der Waals surface area contributed by atoms with E-state index >= 15 is 0 Å². The van der Waals surface area contributed by atoms with Gasteiger partial charge in [0.05, 0.1) is 31.2 Å². The van der Waals surface area contributed by atoms with Crippen molar-refractivity contribution in [1.82, 2.24) is 10.4 Å². The van der Waals surface area contributed by atoms with Crippen molar-refractivity contribution in [3.8, 4) is 0 Å². The van der Waals surface area contributed by atoms with Crippen molar-refractivity contribution in [2.75, 3.05) is 19.8 Å². The standard InChI is InChI=1S/C23H28N2O5S/c1-17(24-13-20(26)16-29-15-19-10-6-3-7-11-19)14-30-25-22(27)21(31-23(25)28)12-18-8-4-2-5-9-18/h2-11,17,20-21,24,26H,12-16H2,1H3. The highest BCUT2D eigenvalue weighted by Gasteiger charge is 2.41. The number of aliphatic hydroxyl groups excluding tert-OH is 1. The van der Waals surface area contributed by atoms with E-state index in [4.69, 9.17) is 9.57 Å². The Morgan fingerprint density at radius 2 is 1.68 bits per heavy atom. The Morgan fingerprint density at radius 3 is 2.35 bits per heavy atom. The van der Waals surface area contributed by atoms with Crippen LogP contribution in [0.25, 0.3) is 0 Å². The first kappa shape index (κ1) is 23.4. The zero-order chi connectivity index (χ0) is 22.1. The second kappa shape index (κ2) is 12.0. The molecule has 0 aromatic heterocycles. The third-order valence-electron chi connectivity index (χ3n) is 4.73. The second-order valence-corrected chi connectivity index (χ2v) is 8.61. The molecule has 3 rings (SSSR count). The molecule has 8 heteroatoms. The van der Waals surface area contributed by atoms with Crippen LogP contribution in [0.1, 0.15) is 18.1 Å². The minimum Gasteiger partial charge on any atom is -0.389 e. The SMILES string of the molecule is CC(CON1C(=O)SC(Cc2ccccc2)C1=O)NCC(O)COCc1ccccc1. The summed E-state index contributed by atoms with van der Waals surface area (Å²) in [5.74, 6) is -0.333. The molecule has 1 fully saturated rings. The molecule has 166 valence electrons. The van der Waals surface area contributed by atoms with Crippen molar-refractivity contribution < 1.29 is 24.3 Å². The van der Waals surface area contributed by atoms with Gasteiger partial charge in [-0.3, -0.25) is 14.4 Å². The van der Waals surface area contributed by atoms with Crippen molar-refractivity contribution >= 4 is 22.9 Å².